The minimum absolute atomic E-state index is 0.263. The summed E-state index contributed by atoms with van der Waals surface area (Å²) in [7, 11) is 0. The van der Waals surface area contributed by atoms with Crippen LogP contribution >= 0.6 is 0 Å². The van der Waals surface area contributed by atoms with Crippen LogP contribution in [0.5, 0.6) is 5.75 Å². The molecular formula is C26H26FN3O3. The average Bonchev–Trinajstić information content (AvgIpc) is 3.24. The number of H-pyrrole nitrogens is 1. The number of amides is 1. The monoisotopic (exact) mass is 447 g/mol. The fourth-order valence-corrected chi connectivity index (χ4v) is 3.77. The van der Waals surface area contributed by atoms with Gasteiger partial charge < -0.3 is 20.1 Å². The van der Waals surface area contributed by atoms with E-state index in [1.54, 1.807) is 36.8 Å². The second-order valence-electron chi connectivity index (χ2n) is 7.86. The van der Waals surface area contributed by atoms with Gasteiger partial charge in [-0.1, -0.05) is 19.1 Å². The standard InChI is InChI=1S/C26H26FN3O3/c1-2-10-33-25-8-5-17(18-4-3-9-28-14-18)12-23(25)26(32)30-21(16-31)11-19-15-29-24-7-6-20(27)13-22(19)24/h3-9,12-15,21,29,31H,2,10-11,16H2,1H3,(H,30,32). The van der Waals surface area contributed by atoms with E-state index in [0.29, 0.717) is 24.3 Å². The van der Waals surface area contributed by atoms with Gasteiger partial charge >= 0.3 is 0 Å². The Kier molecular flexibility index (Phi) is 7.00. The highest BCUT2D eigenvalue weighted by Gasteiger charge is 2.20. The third-order valence-corrected chi connectivity index (χ3v) is 5.43. The van der Waals surface area contributed by atoms with Crippen molar-refractivity contribution in [2.75, 3.05) is 13.2 Å². The van der Waals surface area contributed by atoms with Crippen LogP contribution in [0, 0.1) is 5.82 Å². The van der Waals surface area contributed by atoms with Gasteiger partial charge in [-0.25, -0.2) is 4.39 Å². The van der Waals surface area contributed by atoms with Crippen molar-refractivity contribution in [3.63, 3.8) is 0 Å². The SMILES string of the molecule is CCCOc1ccc(-c2cccnc2)cc1C(=O)NC(CO)Cc1c[nH]c2ccc(F)cc12. The molecule has 0 aliphatic carbocycles. The number of aromatic nitrogens is 2. The van der Waals surface area contributed by atoms with Crippen molar-refractivity contribution in [3.8, 4) is 16.9 Å². The second kappa shape index (κ2) is 10.3. The van der Waals surface area contributed by atoms with E-state index in [1.165, 1.54) is 12.1 Å². The number of aliphatic hydroxyl groups excluding tert-OH is 1. The Bertz CT molecular complexity index is 1240. The molecule has 4 aromatic rings. The highest BCUT2D eigenvalue weighted by molar-refractivity contribution is 5.98. The topological polar surface area (TPSA) is 87.2 Å². The molecule has 4 rings (SSSR count). The van der Waals surface area contributed by atoms with Gasteiger partial charge in [0.25, 0.3) is 5.91 Å². The molecule has 0 bridgehead atoms. The Morgan fingerprint density at radius 1 is 1.21 bits per heavy atom. The molecule has 2 aromatic carbocycles. The fourth-order valence-electron chi connectivity index (χ4n) is 3.77. The first kappa shape index (κ1) is 22.5. The summed E-state index contributed by atoms with van der Waals surface area (Å²) in [5.41, 5.74) is 3.72. The van der Waals surface area contributed by atoms with Gasteiger partial charge in [0.1, 0.15) is 11.6 Å². The summed E-state index contributed by atoms with van der Waals surface area (Å²) in [6.45, 7) is 2.22. The number of nitrogens with zero attached hydrogens (tertiary/aromatic N) is 1. The number of carbonyl (C=O) groups is 1. The third-order valence-electron chi connectivity index (χ3n) is 5.43. The lowest BCUT2D eigenvalue weighted by Crippen LogP contribution is -2.39. The van der Waals surface area contributed by atoms with Crippen molar-refractivity contribution in [3.05, 3.63) is 84.1 Å². The maximum atomic E-state index is 13.7. The third kappa shape index (κ3) is 5.21. The normalized spacial score (nSPS) is 12.0. The number of halogens is 1. The van der Waals surface area contributed by atoms with E-state index in [4.69, 9.17) is 4.74 Å². The minimum Gasteiger partial charge on any atom is -0.493 e. The van der Waals surface area contributed by atoms with Crippen LogP contribution in [-0.4, -0.2) is 40.2 Å². The molecule has 1 atom stereocenters. The molecule has 0 radical (unpaired) electrons. The zero-order chi connectivity index (χ0) is 23.2. The first-order valence-corrected chi connectivity index (χ1v) is 10.9. The summed E-state index contributed by atoms with van der Waals surface area (Å²) in [4.78, 5) is 20.5. The molecule has 0 saturated heterocycles. The van der Waals surface area contributed by atoms with E-state index in [0.717, 1.165) is 34.0 Å². The van der Waals surface area contributed by atoms with Crippen molar-refractivity contribution in [1.82, 2.24) is 15.3 Å². The van der Waals surface area contributed by atoms with Crippen molar-refractivity contribution in [2.24, 2.45) is 0 Å². The highest BCUT2D eigenvalue weighted by Crippen LogP contribution is 2.27. The molecule has 0 fully saturated rings. The van der Waals surface area contributed by atoms with Gasteiger partial charge in [-0.3, -0.25) is 9.78 Å². The predicted molar refractivity (Wildman–Crippen MR) is 126 cm³/mol. The Morgan fingerprint density at radius 2 is 2.09 bits per heavy atom. The Hall–Kier alpha value is -3.71. The lowest BCUT2D eigenvalue weighted by molar-refractivity contribution is 0.0912. The van der Waals surface area contributed by atoms with E-state index in [1.807, 2.05) is 25.1 Å². The zero-order valence-electron chi connectivity index (χ0n) is 18.3. The molecule has 0 aliphatic heterocycles. The van der Waals surface area contributed by atoms with Gasteiger partial charge in [0.15, 0.2) is 0 Å². The minimum atomic E-state index is -0.555. The largest absolute Gasteiger partial charge is 0.493 e. The van der Waals surface area contributed by atoms with E-state index >= 15 is 0 Å². The molecule has 7 heteroatoms. The van der Waals surface area contributed by atoms with Gasteiger partial charge in [0.2, 0.25) is 0 Å². The van der Waals surface area contributed by atoms with Gasteiger partial charge in [0.05, 0.1) is 24.8 Å². The number of pyridine rings is 1. The molecule has 2 heterocycles. The number of rotatable bonds is 9. The van der Waals surface area contributed by atoms with E-state index in [2.05, 4.69) is 15.3 Å². The van der Waals surface area contributed by atoms with E-state index in [9.17, 15) is 14.3 Å². The Labute approximate surface area is 191 Å². The number of hydrogen-bond acceptors (Lipinski definition) is 4. The smallest absolute Gasteiger partial charge is 0.255 e. The number of fused-ring (bicyclic) bond motifs is 1. The summed E-state index contributed by atoms with van der Waals surface area (Å²) in [5, 5.41) is 13.6. The van der Waals surface area contributed by atoms with Crippen LogP contribution < -0.4 is 10.1 Å². The molecule has 1 amide bonds. The van der Waals surface area contributed by atoms with Gasteiger partial charge in [0, 0.05) is 35.1 Å². The zero-order valence-corrected chi connectivity index (χ0v) is 18.3. The van der Waals surface area contributed by atoms with Crippen LogP contribution in [-0.2, 0) is 6.42 Å². The summed E-state index contributed by atoms with van der Waals surface area (Å²) < 4.78 is 19.5. The van der Waals surface area contributed by atoms with Crippen LogP contribution in [0.15, 0.2) is 67.1 Å². The second-order valence-corrected chi connectivity index (χ2v) is 7.86. The average molecular weight is 448 g/mol. The molecule has 1 unspecified atom stereocenters. The molecule has 6 nitrogen and oxygen atoms in total. The summed E-state index contributed by atoms with van der Waals surface area (Å²) >= 11 is 0. The van der Waals surface area contributed by atoms with Crippen molar-refractivity contribution >= 4 is 16.8 Å². The summed E-state index contributed by atoms with van der Waals surface area (Å²) in [6, 6.07) is 13.2. The van der Waals surface area contributed by atoms with E-state index < -0.39 is 6.04 Å². The molecule has 0 saturated carbocycles. The first-order valence-electron chi connectivity index (χ1n) is 10.9. The van der Waals surface area contributed by atoms with Crippen molar-refractivity contribution < 1.29 is 19.0 Å². The Morgan fingerprint density at radius 3 is 2.85 bits per heavy atom. The molecule has 0 spiro atoms. The number of benzene rings is 2. The summed E-state index contributed by atoms with van der Waals surface area (Å²) in [6.07, 6.45) is 6.35. The molecule has 33 heavy (non-hydrogen) atoms. The quantitative estimate of drug-likeness (QED) is 0.353. The van der Waals surface area contributed by atoms with Gasteiger partial charge in [-0.05, 0) is 60.4 Å². The van der Waals surface area contributed by atoms with Crippen molar-refractivity contribution in [2.45, 2.75) is 25.8 Å². The molecule has 0 aliphatic rings. The fraction of sp³-hybridized carbons (Fsp3) is 0.231. The first-order chi connectivity index (χ1) is 16.1. The van der Waals surface area contributed by atoms with E-state index in [-0.39, 0.29) is 18.3 Å². The maximum Gasteiger partial charge on any atom is 0.255 e. The lowest BCUT2D eigenvalue weighted by Gasteiger charge is -2.18. The number of nitrogens with one attached hydrogen (secondary N) is 2. The maximum absolute atomic E-state index is 13.7. The van der Waals surface area contributed by atoms with Crippen LogP contribution in [0.3, 0.4) is 0 Å². The van der Waals surface area contributed by atoms with Crippen LogP contribution in [0.1, 0.15) is 29.3 Å². The van der Waals surface area contributed by atoms with Crippen molar-refractivity contribution in [1.29, 1.82) is 0 Å². The number of aromatic amines is 1. The van der Waals surface area contributed by atoms with Gasteiger partial charge in [-0.2, -0.15) is 0 Å². The van der Waals surface area contributed by atoms with Crippen LogP contribution in [0.4, 0.5) is 4.39 Å². The number of aliphatic hydroxyl groups is 1. The number of ether oxygens (including phenoxy) is 1. The number of carbonyl (C=O) groups excluding carboxylic acids is 1. The van der Waals surface area contributed by atoms with Gasteiger partial charge in [-0.15, -0.1) is 0 Å². The van der Waals surface area contributed by atoms with Crippen LogP contribution in [0.25, 0.3) is 22.0 Å². The molecule has 3 N–H and O–H groups in total. The highest BCUT2D eigenvalue weighted by atomic mass is 19.1. The summed E-state index contributed by atoms with van der Waals surface area (Å²) in [5.74, 6) is -0.206. The predicted octanol–water partition coefficient (Wildman–Crippen LogP) is 4.49. The molecular weight excluding hydrogens is 421 g/mol. The molecule has 170 valence electrons. The molecule has 2 aromatic heterocycles. The number of hydrogen-bond donors (Lipinski definition) is 3. The Balaban J connectivity index is 1.58. The lowest BCUT2D eigenvalue weighted by atomic mass is 10.0. The van der Waals surface area contributed by atoms with Crippen LogP contribution in [0.2, 0.25) is 0 Å².